The van der Waals surface area contributed by atoms with E-state index in [9.17, 15) is 9.59 Å². The van der Waals surface area contributed by atoms with Crippen molar-refractivity contribution in [3.8, 4) is 11.4 Å². The lowest BCUT2D eigenvalue weighted by Gasteiger charge is -2.31. The molecule has 7 nitrogen and oxygen atoms in total. The van der Waals surface area contributed by atoms with E-state index in [1.165, 1.54) is 19.3 Å². The zero-order valence-corrected chi connectivity index (χ0v) is 14.8. The number of nitrogens with one attached hydrogen (secondary N) is 1. The van der Waals surface area contributed by atoms with Crippen LogP contribution < -0.4 is 5.56 Å². The largest absolute Gasteiger partial charge is 0.335 e. The highest BCUT2D eigenvalue weighted by Gasteiger charge is 2.26. The van der Waals surface area contributed by atoms with Gasteiger partial charge in [0.05, 0.1) is 18.8 Å². The number of pyridine rings is 1. The fourth-order valence-electron chi connectivity index (χ4n) is 3.70. The molecular formula is C19H23N5O2. The number of fused-ring (bicyclic) bond motifs is 1. The first kappa shape index (κ1) is 16.9. The van der Waals surface area contributed by atoms with Crippen LogP contribution >= 0.6 is 0 Å². The van der Waals surface area contributed by atoms with Crippen molar-refractivity contribution >= 4 is 5.91 Å². The molecule has 2 aliphatic rings. The van der Waals surface area contributed by atoms with Gasteiger partial charge in [0.1, 0.15) is 5.82 Å². The average Bonchev–Trinajstić information content (AvgIpc) is 2.69. The summed E-state index contributed by atoms with van der Waals surface area (Å²) in [5, 5.41) is 0. The second-order valence-electron chi connectivity index (χ2n) is 6.98. The van der Waals surface area contributed by atoms with E-state index in [4.69, 9.17) is 0 Å². The number of H-pyrrole nitrogens is 1. The van der Waals surface area contributed by atoms with E-state index in [1.54, 1.807) is 12.4 Å². The Morgan fingerprint density at radius 2 is 2.04 bits per heavy atom. The van der Waals surface area contributed by atoms with Gasteiger partial charge in [0.25, 0.3) is 5.56 Å². The van der Waals surface area contributed by atoms with Crippen LogP contribution in [-0.2, 0) is 17.8 Å². The molecule has 0 spiro atoms. The average molecular weight is 353 g/mol. The molecule has 0 unspecified atom stereocenters. The summed E-state index contributed by atoms with van der Waals surface area (Å²) in [6.07, 6.45) is 7.50. The first-order chi connectivity index (χ1) is 12.7. The summed E-state index contributed by atoms with van der Waals surface area (Å²) >= 11 is 0. The van der Waals surface area contributed by atoms with E-state index >= 15 is 0 Å². The van der Waals surface area contributed by atoms with Gasteiger partial charge in [-0.1, -0.05) is 6.42 Å². The highest BCUT2D eigenvalue weighted by atomic mass is 16.2. The lowest BCUT2D eigenvalue weighted by molar-refractivity contribution is -0.133. The normalized spacial score (nSPS) is 17.8. The van der Waals surface area contributed by atoms with Crippen LogP contribution in [-0.4, -0.2) is 56.8 Å². The van der Waals surface area contributed by atoms with Crippen molar-refractivity contribution in [1.29, 1.82) is 0 Å². The molecule has 0 bridgehead atoms. The molecule has 4 rings (SSSR count). The van der Waals surface area contributed by atoms with E-state index in [-0.39, 0.29) is 11.5 Å². The van der Waals surface area contributed by atoms with Gasteiger partial charge >= 0.3 is 0 Å². The SMILES string of the molecule is O=C(CN1CCCCC1)N1CCc2c(nc(-c3cccnc3)[nH]c2=O)C1. The molecule has 2 aliphatic heterocycles. The molecule has 0 atom stereocenters. The van der Waals surface area contributed by atoms with Gasteiger partial charge in [-0.15, -0.1) is 0 Å². The maximum Gasteiger partial charge on any atom is 0.254 e. The number of rotatable bonds is 3. The van der Waals surface area contributed by atoms with Crippen LogP contribution in [0.5, 0.6) is 0 Å². The van der Waals surface area contributed by atoms with E-state index in [0.717, 1.165) is 18.7 Å². The molecule has 0 radical (unpaired) electrons. The van der Waals surface area contributed by atoms with Gasteiger partial charge in [-0.25, -0.2) is 4.98 Å². The Morgan fingerprint density at radius 3 is 2.81 bits per heavy atom. The van der Waals surface area contributed by atoms with Crippen molar-refractivity contribution in [2.75, 3.05) is 26.2 Å². The molecule has 1 saturated heterocycles. The Hall–Kier alpha value is -2.54. The van der Waals surface area contributed by atoms with Gasteiger partial charge in [-0.05, 0) is 44.5 Å². The zero-order chi connectivity index (χ0) is 17.9. The number of likely N-dealkylation sites (tertiary alicyclic amines) is 1. The molecule has 26 heavy (non-hydrogen) atoms. The first-order valence-electron chi connectivity index (χ1n) is 9.23. The minimum Gasteiger partial charge on any atom is -0.335 e. The Morgan fingerprint density at radius 1 is 1.19 bits per heavy atom. The summed E-state index contributed by atoms with van der Waals surface area (Å²) in [6, 6.07) is 3.67. The number of piperidine rings is 1. The van der Waals surface area contributed by atoms with Crippen LogP contribution in [0.4, 0.5) is 0 Å². The van der Waals surface area contributed by atoms with Gasteiger partial charge in [-0.2, -0.15) is 0 Å². The predicted octanol–water partition coefficient (Wildman–Crippen LogP) is 1.20. The van der Waals surface area contributed by atoms with Crippen LogP contribution in [0, 0.1) is 0 Å². The van der Waals surface area contributed by atoms with Crippen molar-refractivity contribution in [2.24, 2.45) is 0 Å². The summed E-state index contributed by atoms with van der Waals surface area (Å²) < 4.78 is 0. The molecule has 2 aromatic rings. The number of amides is 1. The van der Waals surface area contributed by atoms with Crippen LogP contribution in [0.3, 0.4) is 0 Å². The maximum atomic E-state index is 12.7. The monoisotopic (exact) mass is 353 g/mol. The summed E-state index contributed by atoms with van der Waals surface area (Å²) in [4.78, 5) is 40.7. The number of carbonyl (C=O) groups excluding carboxylic acids is 1. The second-order valence-corrected chi connectivity index (χ2v) is 6.98. The van der Waals surface area contributed by atoms with Crippen LogP contribution in [0.2, 0.25) is 0 Å². The lowest BCUT2D eigenvalue weighted by atomic mass is 10.1. The molecule has 0 aliphatic carbocycles. The summed E-state index contributed by atoms with van der Waals surface area (Å²) in [5.41, 5.74) is 2.05. The number of hydrogen-bond acceptors (Lipinski definition) is 5. The van der Waals surface area contributed by atoms with Crippen molar-refractivity contribution in [1.82, 2.24) is 24.8 Å². The molecule has 2 aromatic heterocycles. The molecular weight excluding hydrogens is 330 g/mol. The third kappa shape index (κ3) is 3.53. The Labute approximate surface area is 152 Å². The van der Waals surface area contributed by atoms with E-state index in [0.29, 0.717) is 43.1 Å². The molecule has 1 amide bonds. The molecule has 1 N–H and O–H groups in total. The molecule has 136 valence electrons. The van der Waals surface area contributed by atoms with Gasteiger partial charge in [0, 0.05) is 30.1 Å². The number of nitrogens with zero attached hydrogens (tertiary/aromatic N) is 4. The Balaban J connectivity index is 1.53. The van der Waals surface area contributed by atoms with Gasteiger partial charge in [0.2, 0.25) is 5.91 Å². The molecule has 4 heterocycles. The topological polar surface area (TPSA) is 82.2 Å². The fraction of sp³-hybridized carbons (Fsp3) is 0.474. The number of aromatic amines is 1. The quantitative estimate of drug-likeness (QED) is 0.897. The van der Waals surface area contributed by atoms with Crippen molar-refractivity contribution in [3.63, 3.8) is 0 Å². The van der Waals surface area contributed by atoms with E-state index in [1.807, 2.05) is 17.0 Å². The van der Waals surface area contributed by atoms with Crippen molar-refractivity contribution in [3.05, 3.63) is 46.1 Å². The Kier molecular flexibility index (Phi) is 4.79. The van der Waals surface area contributed by atoms with Crippen LogP contribution in [0.1, 0.15) is 30.5 Å². The smallest absolute Gasteiger partial charge is 0.254 e. The van der Waals surface area contributed by atoms with Gasteiger partial charge in [0.15, 0.2) is 0 Å². The summed E-state index contributed by atoms with van der Waals surface area (Å²) in [5.74, 6) is 0.634. The minimum atomic E-state index is -0.114. The standard InChI is InChI=1S/C19H23N5O2/c25-17(13-23-8-2-1-3-9-23)24-10-6-15-16(12-24)21-18(22-19(15)26)14-5-4-7-20-11-14/h4-5,7,11H,1-3,6,8-10,12-13H2,(H,21,22,26). The van der Waals surface area contributed by atoms with Gasteiger partial charge in [-0.3, -0.25) is 19.5 Å². The zero-order valence-electron chi connectivity index (χ0n) is 14.8. The highest BCUT2D eigenvalue weighted by molar-refractivity contribution is 5.78. The third-order valence-electron chi connectivity index (χ3n) is 5.17. The molecule has 0 aromatic carbocycles. The van der Waals surface area contributed by atoms with Crippen molar-refractivity contribution in [2.45, 2.75) is 32.2 Å². The molecule has 7 heteroatoms. The fourth-order valence-corrected chi connectivity index (χ4v) is 3.70. The van der Waals surface area contributed by atoms with Crippen LogP contribution in [0.15, 0.2) is 29.3 Å². The Bertz CT molecular complexity index is 843. The third-order valence-corrected chi connectivity index (χ3v) is 5.17. The maximum absolute atomic E-state index is 12.7. The summed E-state index contributed by atoms with van der Waals surface area (Å²) in [7, 11) is 0. The number of hydrogen-bond donors (Lipinski definition) is 1. The van der Waals surface area contributed by atoms with E-state index < -0.39 is 0 Å². The van der Waals surface area contributed by atoms with Crippen molar-refractivity contribution < 1.29 is 4.79 Å². The molecule has 1 fully saturated rings. The lowest BCUT2D eigenvalue weighted by Crippen LogP contribution is -2.45. The van der Waals surface area contributed by atoms with E-state index in [2.05, 4.69) is 19.9 Å². The predicted molar refractivity (Wildman–Crippen MR) is 97.5 cm³/mol. The summed E-state index contributed by atoms with van der Waals surface area (Å²) in [6.45, 7) is 3.45. The highest BCUT2D eigenvalue weighted by Crippen LogP contribution is 2.18. The number of carbonyl (C=O) groups is 1. The van der Waals surface area contributed by atoms with Gasteiger partial charge < -0.3 is 9.88 Å². The number of aromatic nitrogens is 3. The second kappa shape index (κ2) is 7.37. The van der Waals surface area contributed by atoms with Crippen LogP contribution in [0.25, 0.3) is 11.4 Å². The first-order valence-corrected chi connectivity index (χ1v) is 9.23. The molecule has 0 saturated carbocycles. The minimum absolute atomic E-state index is 0.114.